The predicted octanol–water partition coefficient (Wildman–Crippen LogP) is -14.2. The van der Waals surface area contributed by atoms with Crippen LogP contribution in [0.2, 0.25) is 0 Å². The quantitative estimate of drug-likeness (QED) is 0.0764. The fourth-order valence-corrected chi connectivity index (χ4v) is 5.76. The number of carbonyl (C=O) groups is 1. The molecule has 0 amide bonds. The average molecular weight is 865 g/mol. The van der Waals surface area contributed by atoms with Crippen LogP contribution in [0.4, 0.5) is 0 Å². The van der Waals surface area contributed by atoms with Gasteiger partial charge >= 0.3 is 0 Å². The number of rotatable bonds is 13. The van der Waals surface area contributed by atoms with Gasteiger partial charge in [0, 0.05) is 0 Å². The smallest absolute Gasteiger partial charge is 0.187 e. The van der Waals surface area contributed by atoms with Gasteiger partial charge in [-0.1, -0.05) is 0 Å². The van der Waals surface area contributed by atoms with Gasteiger partial charge < -0.3 is 140 Å². The fourth-order valence-electron chi connectivity index (χ4n) is 5.76. The summed E-state index contributed by atoms with van der Waals surface area (Å²) in [4.78, 5) is 9.90. The normalized spacial score (nSPS) is 45.3. The van der Waals surface area contributed by atoms with E-state index in [1.807, 2.05) is 0 Å². The molecule has 4 heterocycles. The zero-order valence-corrected chi connectivity index (χ0v) is 30.2. The van der Waals surface area contributed by atoms with Crippen LogP contribution in [0.15, 0.2) is 0 Å². The molecule has 4 aliphatic heterocycles. The fraction of sp³-hybridized carbons (Fsp3) is 0.967. The van der Waals surface area contributed by atoms with E-state index in [9.17, 15) is 76.3 Å². The molecule has 344 valence electrons. The molecule has 28 heteroatoms. The highest BCUT2D eigenvalue weighted by Gasteiger charge is 2.52. The number of carbonyl (C=O) groups excluding carboxylic acids is 1. The molecule has 0 aromatic rings. The summed E-state index contributed by atoms with van der Waals surface area (Å²) in [5.41, 5.74) is 0. The summed E-state index contributed by atoms with van der Waals surface area (Å²) >= 11 is 0. The summed E-state index contributed by atoms with van der Waals surface area (Å²) in [6, 6.07) is 0. The molecular formula is C30H56O28. The Morgan fingerprint density at radius 3 is 1.07 bits per heavy atom. The van der Waals surface area contributed by atoms with Gasteiger partial charge in [-0.15, -0.1) is 0 Å². The van der Waals surface area contributed by atoms with Crippen molar-refractivity contribution in [2.75, 3.05) is 33.0 Å². The second kappa shape index (κ2) is 24.3. The van der Waals surface area contributed by atoms with E-state index in [0.717, 1.165) is 0 Å². The first-order chi connectivity index (χ1) is 27.2. The van der Waals surface area contributed by atoms with Crippen molar-refractivity contribution in [2.45, 2.75) is 147 Å². The second-order valence-corrected chi connectivity index (χ2v) is 13.4. The molecular weight excluding hydrogens is 808 g/mol. The van der Waals surface area contributed by atoms with E-state index in [1.165, 1.54) is 0 Å². The van der Waals surface area contributed by atoms with E-state index >= 15 is 0 Å². The number of aliphatic hydroxyl groups is 21. The van der Waals surface area contributed by atoms with Crippen LogP contribution in [0, 0.1) is 0 Å². The molecule has 4 fully saturated rings. The zero-order chi connectivity index (χ0) is 44.3. The Morgan fingerprint density at radius 2 is 0.776 bits per heavy atom. The molecule has 21 N–H and O–H groups in total. The monoisotopic (exact) mass is 864 g/mol. The third-order valence-electron chi connectivity index (χ3n) is 9.38. The minimum Gasteiger partial charge on any atom is -0.394 e. The van der Waals surface area contributed by atoms with Crippen molar-refractivity contribution < 1.29 is 140 Å². The van der Waals surface area contributed by atoms with Crippen molar-refractivity contribution in [3.63, 3.8) is 0 Å². The Hall–Kier alpha value is -1.41. The summed E-state index contributed by atoms with van der Waals surface area (Å²) < 4.78 is 30.5. The molecule has 0 unspecified atom stereocenters. The molecule has 0 saturated carbocycles. The molecule has 0 aromatic heterocycles. The standard InChI is InChI=1S/2C12H22O11.C6H12O6/c2*13-1-3-5(15)6(16)9(19)12(22-3)23-10-4(2-14)21-11(20)8(18)7(10)17;7-1-3(9)5(11)6(12)4(10)2-8/h2*3-20H,1-2H2;1,3-6,8-12H,2H2/t2*3-,4-,5-,6+,7-,8-,9-,10-,11-,12-;3-,4+,5+,6+/m110/s1. The summed E-state index contributed by atoms with van der Waals surface area (Å²) in [5.74, 6) is 0. The van der Waals surface area contributed by atoms with E-state index in [2.05, 4.69) is 0 Å². The first-order valence-electron chi connectivity index (χ1n) is 17.5. The van der Waals surface area contributed by atoms with Gasteiger partial charge in [-0.05, 0) is 0 Å². The van der Waals surface area contributed by atoms with Gasteiger partial charge in [-0.25, -0.2) is 0 Å². The van der Waals surface area contributed by atoms with Crippen LogP contribution in [-0.4, -0.2) is 294 Å². The molecule has 4 rings (SSSR count). The molecule has 58 heavy (non-hydrogen) atoms. The number of aliphatic hydroxyl groups excluding tert-OH is 21. The summed E-state index contributed by atoms with van der Waals surface area (Å²) in [7, 11) is 0. The SMILES string of the molecule is O=C[C@H](O)[C@@H](O)[C@H](O)[C@H](O)CO.OC[C@H]1O[C@H](O[C@H]2[C@H](O)[C@@H](O)[C@H](O)O[C@@H]2CO)[C@H](O)[C@@H](O)[C@@H]1O.OC[C@H]1O[C@H](O[C@H]2[C@H](O)[C@@H](O)[C@H](O)O[C@@H]2CO)[C@H](O)[C@@H](O)[C@@H]1O. The van der Waals surface area contributed by atoms with E-state index in [-0.39, 0.29) is 6.29 Å². The van der Waals surface area contributed by atoms with Crippen molar-refractivity contribution in [2.24, 2.45) is 0 Å². The Bertz CT molecular complexity index is 1080. The summed E-state index contributed by atoms with van der Waals surface area (Å²) in [6.07, 6.45) is -38.0. The molecule has 24 atom stereocenters. The van der Waals surface area contributed by atoms with Gasteiger partial charge in [0.2, 0.25) is 0 Å². The predicted molar refractivity (Wildman–Crippen MR) is 174 cm³/mol. The summed E-state index contributed by atoms with van der Waals surface area (Å²) in [6.45, 7) is -3.45. The van der Waals surface area contributed by atoms with Gasteiger partial charge in [-0.2, -0.15) is 0 Å². The van der Waals surface area contributed by atoms with Crippen LogP contribution >= 0.6 is 0 Å². The molecule has 4 saturated heterocycles. The molecule has 0 aliphatic carbocycles. The van der Waals surface area contributed by atoms with Crippen LogP contribution in [0.25, 0.3) is 0 Å². The third-order valence-corrected chi connectivity index (χ3v) is 9.38. The lowest BCUT2D eigenvalue weighted by Crippen LogP contribution is -2.64. The van der Waals surface area contributed by atoms with Crippen LogP contribution < -0.4 is 0 Å². The van der Waals surface area contributed by atoms with E-state index < -0.39 is 180 Å². The molecule has 0 aromatic carbocycles. The molecule has 0 bridgehead atoms. The Balaban J connectivity index is 0.000000317. The Kier molecular flexibility index (Phi) is 22.1. The van der Waals surface area contributed by atoms with Crippen LogP contribution in [0.5, 0.6) is 0 Å². The van der Waals surface area contributed by atoms with Crippen LogP contribution in [0.1, 0.15) is 0 Å². The number of aldehydes is 1. The Labute approximate surface area is 327 Å². The highest BCUT2D eigenvalue weighted by Crippen LogP contribution is 2.30. The van der Waals surface area contributed by atoms with Gasteiger partial charge in [0.05, 0.1) is 33.0 Å². The maximum absolute atomic E-state index is 9.94. The maximum Gasteiger partial charge on any atom is 0.187 e. The number of hydrogen-bond donors (Lipinski definition) is 21. The lowest BCUT2D eigenvalue weighted by molar-refractivity contribution is -0.355. The minimum atomic E-state index is -1.79. The van der Waals surface area contributed by atoms with Crippen molar-refractivity contribution in [3.8, 4) is 0 Å². The van der Waals surface area contributed by atoms with E-state index in [0.29, 0.717) is 0 Å². The maximum atomic E-state index is 9.94. The van der Waals surface area contributed by atoms with Crippen molar-refractivity contribution >= 4 is 6.29 Å². The number of ether oxygens (including phenoxy) is 6. The molecule has 28 nitrogen and oxygen atoms in total. The highest BCUT2D eigenvalue weighted by molar-refractivity contribution is 5.56. The van der Waals surface area contributed by atoms with Gasteiger partial charge in [0.15, 0.2) is 31.4 Å². The van der Waals surface area contributed by atoms with E-state index in [1.54, 1.807) is 0 Å². The minimum absolute atomic E-state index is 0.0258. The van der Waals surface area contributed by atoms with Crippen LogP contribution in [-0.2, 0) is 33.2 Å². The Morgan fingerprint density at radius 1 is 0.431 bits per heavy atom. The van der Waals surface area contributed by atoms with Gasteiger partial charge in [-0.3, -0.25) is 0 Å². The third kappa shape index (κ3) is 12.8. The topological polar surface area (TPSA) is 497 Å². The van der Waals surface area contributed by atoms with Crippen molar-refractivity contribution in [1.29, 1.82) is 0 Å². The summed E-state index contributed by atoms with van der Waals surface area (Å²) in [5, 5.41) is 197. The first-order valence-corrected chi connectivity index (χ1v) is 17.5. The molecule has 0 radical (unpaired) electrons. The van der Waals surface area contributed by atoms with Crippen molar-refractivity contribution in [3.05, 3.63) is 0 Å². The highest BCUT2D eigenvalue weighted by atomic mass is 16.7. The lowest BCUT2D eigenvalue weighted by atomic mass is 9.97. The average Bonchev–Trinajstić information content (AvgIpc) is 3.22. The van der Waals surface area contributed by atoms with Gasteiger partial charge in [0.25, 0.3) is 0 Å². The number of hydrogen-bond acceptors (Lipinski definition) is 28. The largest absolute Gasteiger partial charge is 0.394 e. The second-order valence-electron chi connectivity index (χ2n) is 13.4. The molecule has 4 aliphatic rings. The van der Waals surface area contributed by atoms with Gasteiger partial charge in [0.1, 0.15) is 122 Å². The van der Waals surface area contributed by atoms with Crippen LogP contribution in [0.3, 0.4) is 0 Å². The van der Waals surface area contributed by atoms with Crippen molar-refractivity contribution in [1.82, 2.24) is 0 Å². The zero-order valence-electron chi connectivity index (χ0n) is 30.2. The molecule has 0 spiro atoms. The first kappa shape index (κ1) is 52.7. The lowest BCUT2D eigenvalue weighted by Gasteiger charge is -2.45. The van der Waals surface area contributed by atoms with E-state index in [4.69, 9.17) is 64.2 Å².